The third-order valence-electron chi connectivity index (χ3n) is 3.77. The molecular formula is C15H19FN2O4S. The summed E-state index contributed by atoms with van der Waals surface area (Å²) >= 11 is 0. The van der Waals surface area contributed by atoms with Gasteiger partial charge in [0.1, 0.15) is 17.1 Å². The lowest BCUT2D eigenvalue weighted by molar-refractivity contribution is 0.0779. The minimum atomic E-state index is -3.48. The molecule has 1 atom stereocenters. The first-order valence-corrected chi connectivity index (χ1v) is 8.66. The molecule has 1 heterocycles. The number of benzene rings is 1. The molecule has 8 heteroatoms. The Morgan fingerprint density at radius 2 is 2.30 bits per heavy atom. The summed E-state index contributed by atoms with van der Waals surface area (Å²) in [6.07, 6.45) is 0.641. The van der Waals surface area contributed by atoms with Crippen molar-refractivity contribution in [3.8, 4) is 5.75 Å². The summed E-state index contributed by atoms with van der Waals surface area (Å²) in [4.78, 5) is 14.0. The highest BCUT2D eigenvalue weighted by atomic mass is 32.2. The van der Waals surface area contributed by atoms with Crippen molar-refractivity contribution in [3.63, 3.8) is 0 Å². The Hall–Kier alpha value is -1.93. The van der Waals surface area contributed by atoms with Crippen molar-refractivity contribution >= 4 is 15.9 Å². The largest absolute Gasteiger partial charge is 0.496 e. The van der Waals surface area contributed by atoms with Gasteiger partial charge in [0.25, 0.3) is 5.91 Å². The summed E-state index contributed by atoms with van der Waals surface area (Å²) in [7, 11) is -2.11. The van der Waals surface area contributed by atoms with E-state index in [1.807, 2.05) is 0 Å². The van der Waals surface area contributed by atoms with Crippen LogP contribution in [0.5, 0.6) is 5.75 Å². The maximum absolute atomic E-state index is 14.0. The van der Waals surface area contributed by atoms with Crippen molar-refractivity contribution in [3.05, 3.63) is 41.6 Å². The van der Waals surface area contributed by atoms with Crippen LogP contribution >= 0.6 is 0 Å². The molecule has 0 spiro atoms. The third-order valence-corrected chi connectivity index (χ3v) is 4.78. The maximum atomic E-state index is 14.0. The van der Waals surface area contributed by atoms with E-state index in [1.54, 1.807) is 0 Å². The van der Waals surface area contributed by atoms with E-state index in [9.17, 15) is 17.6 Å². The van der Waals surface area contributed by atoms with Crippen LogP contribution in [0.2, 0.25) is 0 Å². The van der Waals surface area contributed by atoms with E-state index in [2.05, 4.69) is 11.3 Å². The Labute approximate surface area is 135 Å². The Bertz CT molecular complexity index is 705. The summed E-state index contributed by atoms with van der Waals surface area (Å²) in [6.45, 7) is 4.23. The van der Waals surface area contributed by atoms with Gasteiger partial charge in [-0.15, -0.1) is 0 Å². The second-order valence-corrected chi connectivity index (χ2v) is 7.00. The van der Waals surface area contributed by atoms with Crippen molar-refractivity contribution in [2.45, 2.75) is 6.42 Å². The minimum Gasteiger partial charge on any atom is -0.496 e. The summed E-state index contributed by atoms with van der Waals surface area (Å²) < 4.78 is 44.1. The van der Waals surface area contributed by atoms with Crippen LogP contribution in [0.4, 0.5) is 4.39 Å². The predicted molar refractivity (Wildman–Crippen MR) is 84.1 cm³/mol. The number of nitrogens with zero attached hydrogens (tertiary/aromatic N) is 1. The van der Waals surface area contributed by atoms with Crippen molar-refractivity contribution in [1.29, 1.82) is 0 Å². The van der Waals surface area contributed by atoms with Gasteiger partial charge in [0.05, 0.1) is 7.11 Å². The second kappa shape index (κ2) is 7.10. The van der Waals surface area contributed by atoms with Crippen LogP contribution in [0, 0.1) is 11.7 Å². The standard InChI is InChI=1S/C15H19FN2O4S/c1-3-23(20,21)17-9-11-7-8-18(10-11)15(19)14-12(16)5-4-6-13(14)22-2/h3-6,11,17H,1,7-10H2,2H3/t11-/m1/s1. The van der Waals surface area contributed by atoms with Crippen LogP contribution in [0.1, 0.15) is 16.8 Å². The Morgan fingerprint density at radius 1 is 1.57 bits per heavy atom. The van der Waals surface area contributed by atoms with Crippen LogP contribution in [-0.2, 0) is 10.0 Å². The highest BCUT2D eigenvalue weighted by Crippen LogP contribution is 2.26. The Balaban J connectivity index is 2.05. The molecule has 0 aliphatic carbocycles. The Kier molecular flexibility index (Phi) is 5.38. The van der Waals surface area contributed by atoms with E-state index < -0.39 is 21.7 Å². The zero-order valence-corrected chi connectivity index (χ0v) is 13.6. The second-order valence-electron chi connectivity index (χ2n) is 5.28. The van der Waals surface area contributed by atoms with Gasteiger partial charge in [-0.2, -0.15) is 0 Å². The van der Waals surface area contributed by atoms with Gasteiger partial charge in [-0.25, -0.2) is 17.5 Å². The molecule has 0 radical (unpaired) electrons. The number of halogens is 1. The van der Waals surface area contributed by atoms with E-state index in [4.69, 9.17) is 4.74 Å². The molecule has 0 unspecified atom stereocenters. The zero-order chi connectivity index (χ0) is 17.0. The number of sulfonamides is 1. The van der Waals surface area contributed by atoms with Gasteiger partial charge in [0.15, 0.2) is 0 Å². The molecule has 0 saturated carbocycles. The molecule has 1 aliphatic heterocycles. The highest BCUT2D eigenvalue weighted by Gasteiger charge is 2.30. The highest BCUT2D eigenvalue weighted by molar-refractivity contribution is 7.92. The average molecular weight is 342 g/mol. The number of carbonyl (C=O) groups is 1. The molecule has 1 aromatic carbocycles. The van der Waals surface area contributed by atoms with Gasteiger partial charge in [-0.3, -0.25) is 4.79 Å². The van der Waals surface area contributed by atoms with Crippen LogP contribution in [0.3, 0.4) is 0 Å². The first-order valence-electron chi connectivity index (χ1n) is 7.12. The van der Waals surface area contributed by atoms with E-state index in [0.717, 1.165) is 5.41 Å². The Morgan fingerprint density at radius 3 is 2.96 bits per heavy atom. The van der Waals surface area contributed by atoms with Crippen LogP contribution in [0.25, 0.3) is 0 Å². The molecule has 1 aliphatic rings. The lowest BCUT2D eigenvalue weighted by Gasteiger charge is -2.18. The molecule has 1 N–H and O–H groups in total. The number of methoxy groups -OCH3 is 1. The van der Waals surface area contributed by atoms with E-state index in [-0.39, 0.29) is 23.8 Å². The topological polar surface area (TPSA) is 75.7 Å². The lowest BCUT2D eigenvalue weighted by Crippen LogP contribution is -2.33. The number of amides is 1. The summed E-state index contributed by atoms with van der Waals surface area (Å²) in [5.74, 6) is -0.920. The zero-order valence-electron chi connectivity index (χ0n) is 12.8. The number of ether oxygens (including phenoxy) is 1. The maximum Gasteiger partial charge on any atom is 0.260 e. The first-order chi connectivity index (χ1) is 10.9. The van der Waals surface area contributed by atoms with Crippen LogP contribution < -0.4 is 9.46 Å². The molecule has 126 valence electrons. The molecule has 0 bridgehead atoms. The van der Waals surface area contributed by atoms with Gasteiger partial charge in [0.2, 0.25) is 10.0 Å². The van der Waals surface area contributed by atoms with Gasteiger partial charge in [0, 0.05) is 25.0 Å². The number of nitrogens with one attached hydrogen (secondary N) is 1. The molecule has 1 fully saturated rings. The SMILES string of the molecule is C=CS(=O)(=O)NC[C@H]1CCN(C(=O)c2c(F)cccc2OC)C1. The quantitative estimate of drug-likeness (QED) is 0.847. The summed E-state index contributed by atoms with van der Waals surface area (Å²) in [5.41, 5.74) is -0.0951. The van der Waals surface area contributed by atoms with Crippen molar-refractivity contribution < 1.29 is 22.3 Å². The molecule has 1 aromatic rings. The van der Waals surface area contributed by atoms with Gasteiger partial charge in [-0.1, -0.05) is 12.6 Å². The number of rotatable bonds is 6. The van der Waals surface area contributed by atoms with Gasteiger partial charge >= 0.3 is 0 Å². The number of hydrogen-bond donors (Lipinski definition) is 1. The summed E-state index contributed by atoms with van der Waals surface area (Å²) in [5, 5.41) is 0.842. The third kappa shape index (κ3) is 4.08. The smallest absolute Gasteiger partial charge is 0.260 e. The van der Waals surface area contributed by atoms with E-state index in [0.29, 0.717) is 19.5 Å². The molecule has 2 rings (SSSR count). The van der Waals surface area contributed by atoms with Crippen molar-refractivity contribution in [2.75, 3.05) is 26.7 Å². The van der Waals surface area contributed by atoms with E-state index in [1.165, 1.54) is 30.2 Å². The average Bonchev–Trinajstić information content (AvgIpc) is 3.01. The lowest BCUT2D eigenvalue weighted by atomic mass is 10.1. The predicted octanol–water partition coefficient (Wildman–Crippen LogP) is 1.36. The van der Waals surface area contributed by atoms with Gasteiger partial charge < -0.3 is 9.64 Å². The molecule has 1 amide bonds. The number of carbonyl (C=O) groups excluding carboxylic acids is 1. The van der Waals surface area contributed by atoms with Gasteiger partial charge in [-0.05, 0) is 24.5 Å². The fourth-order valence-electron chi connectivity index (χ4n) is 2.52. The number of hydrogen-bond acceptors (Lipinski definition) is 4. The first kappa shape index (κ1) is 17.4. The van der Waals surface area contributed by atoms with Crippen molar-refractivity contribution in [2.24, 2.45) is 5.92 Å². The monoisotopic (exact) mass is 342 g/mol. The molecule has 1 saturated heterocycles. The summed E-state index contributed by atoms with van der Waals surface area (Å²) in [6, 6.07) is 4.21. The molecular weight excluding hydrogens is 323 g/mol. The van der Waals surface area contributed by atoms with Crippen LogP contribution in [-0.4, -0.2) is 46.0 Å². The fraction of sp³-hybridized carbons (Fsp3) is 0.400. The molecule has 23 heavy (non-hydrogen) atoms. The minimum absolute atomic E-state index is 0.0218. The number of likely N-dealkylation sites (tertiary alicyclic amines) is 1. The van der Waals surface area contributed by atoms with Crippen LogP contribution in [0.15, 0.2) is 30.2 Å². The fourth-order valence-corrected chi connectivity index (χ4v) is 3.10. The van der Waals surface area contributed by atoms with Crippen molar-refractivity contribution in [1.82, 2.24) is 9.62 Å². The molecule has 0 aromatic heterocycles. The van der Waals surface area contributed by atoms with E-state index >= 15 is 0 Å². The molecule has 6 nitrogen and oxygen atoms in total. The normalized spacial score (nSPS) is 18.0.